The molecule has 148 valence electrons. The van der Waals surface area contributed by atoms with Gasteiger partial charge in [-0.15, -0.1) is 0 Å². The van der Waals surface area contributed by atoms with Gasteiger partial charge in [-0.1, -0.05) is 12.1 Å². The van der Waals surface area contributed by atoms with E-state index in [0.717, 1.165) is 11.3 Å². The maximum absolute atomic E-state index is 13.0. The van der Waals surface area contributed by atoms with Gasteiger partial charge in [-0.3, -0.25) is 9.05 Å². The van der Waals surface area contributed by atoms with Crippen LogP contribution in [0.4, 0.5) is 0 Å². The number of benzene rings is 2. The van der Waals surface area contributed by atoms with Crippen molar-refractivity contribution in [3.05, 3.63) is 36.4 Å². The van der Waals surface area contributed by atoms with E-state index < -0.39 is 7.82 Å². The Kier molecular flexibility index (Phi) is 7.54. The summed E-state index contributed by atoms with van der Waals surface area (Å²) in [6.45, 7) is 3.76. The van der Waals surface area contributed by atoms with Crippen molar-refractivity contribution in [2.45, 2.75) is 13.8 Å². The minimum atomic E-state index is -3.83. The Bertz CT molecular complexity index is 779. The smallest absolute Gasteiger partial charge is 0.497 e. The average molecular weight is 396 g/mol. The number of phosphoric ester groups is 1. The Morgan fingerprint density at radius 2 is 1.41 bits per heavy atom. The van der Waals surface area contributed by atoms with Gasteiger partial charge in [0.2, 0.25) is 5.75 Å². The molecule has 0 fully saturated rings. The van der Waals surface area contributed by atoms with Crippen molar-refractivity contribution in [3.63, 3.8) is 0 Å². The molecule has 0 saturated carbocycles. The molecule has 7 nitrogen and oxygen atoms in total. The third-order valence-electron chi connectivity index (χ3n) is 3.68. The first kappa shape index (κ1) is 21.1. The topological polar surface area (TPSA) is 72.5 Å². The monoisotopic (exact) mass is 396 g/mol. The fourth-order valence-electron chi connectivity index (χ4n) is 2.51. The van der Waals surface area contributed by atoms with Crippen molar-refractivity contribution in [1.29, 1.82) is 0 Å². The van der Waals surface area contributed by atoms with Crippen molar-refractivity contribution in [3.8, 4) is 34.1 Å². The fraction of sp³-hybridized carbons (Fsp3) is 0.368. The molecule has 8 heteroatoms. The third-order valence-corrected chi connectivity index (χ3v) is 5.23. The highest BCUT2D eigenvalue weighted by atomic mass is 31.2. The standard InChI is InChI=1S/C19H25O7P/c1-6-24-27(20,25-7-2)26-18-16(12-13-17(22-4)19(18)23-5)14-8-10-15(21-3)11-9-14/h8-13H,6-7H2,1-5H3. The predicted molar refractivity (Wildman–Crippen MR) is 103 cm³/mol. The van der Waals surface area contributed by atoms with Gasteiger partial charge < -0.3 is 18.7 Å². The number of phosphoric acid groups is 1. The number of hydrogen-bond donors (Lipinski definition) is 0. The maximum Gasteiger partial charge on any atom is 0.530 e. The average Bonchev–Trinajstić information content (AvgIpc) is 2.68. The summed E-state index contributed by atoms with van der Waals surface area (Å²) in [5, 5.41) is 0. The Morgan fingerprint density at radius 1 is 0.778 bits per heavy atom. The van der Waals surface area contributed by atoms with E-state index in [4.69, 9.17) is 27.8 Å². The van der Waals surface area contributed by atoms with Gasteiger partial charge in [0.1, 0.15) is 5.75 Å². The van der Waals surface area contributed by atoms with E-state index in [1.165, 1.54) is 14.2 Å². The van der Waals surface area contributed by atoms with E-state index in [0.29, 0.717) is 17.1 Å². The van der Waals surface area contributed by atoms with Gasteiger partial charge in [-0.2, -0.15) is 0 Å². The van der Waals surface area contributed by atoms with E-state index >= 15 is 0 Å². The van der Waals surface area contributed by atoms with Gasteiger partial charge in [0.05, 0.1) is 34.5 Å². The Morgan fingerprint density at radius 3 is 1.89 bits per heavy atom. The van der Waals surface area contributed by atoms with Crippen molar-refractivity contribution in [1.82, 2.24) is 0 Å². The lowest BCUT2D eigenvalue weighted by molar-refractivity contribution is 0.166. The number of rotatable bonds is 10. The summed E-state index contributed by atoms with van der Waals surface area (Å²) in [6.07, 6.45) is 0. The molecule has 0 bridgehead atoms. The number of methoxy groups -OCH3 is 3. The number of ether oxygens (including phenoxy) is 3. The van der Waals surface area contributed by atoms with Crippen molar-refractivity contribution >= 4 is 7.82 Å². The molecule has 2 aromatic rings. The lowest BCUT2D eigenvalue weighted by atomic mass is 10.0. The van der Waals surface area contributed by atoms with Crippen LogP contribution in [-0.4, -0.2) is 34.5 Å². The first-order valence-corrected chi connectivity index (χ1v) is 9.96. The van der Waals surface area contributed by atoms with Gasteiger partial charge in [-0.05, 0) is 43.7 Å². The zero-order chi connectivity index (χ0) is 19.9. The van der Waals surface area contributed by atoms with Crippen LogP contribution in [-0.2, 0) is 13.6 Å². The molecular formula is C19H25O7P. The van der Waals surface area contributed by atoms with Crippen LogP contribution in [0, 0.1) is 0 Å². The minimum Gasteiger partial charge on any atom is -0.497 e. The fourth-order valence-corrected chi connectivity index (χ4v) is 3.72. The molecule has 2 rings (SSSR count). The summed E-state index contributed by atoms with van der Waals surface area (Å²) in [6, 6.07) is 10.9. The first-order valence-electron chi connectivity index (χ1n) is 8.50. The van der Waals surface area contributed by atoms with Crippen LogP contribution in [0.5, 0.6) is 23.0 Å². The quantitative estimate of drug-likeness (QED) is 0.527. The molecule has 0 aliphatic rings. The summed E-state index contributed by atoms with van der Waals surface area (Å²) >= 11 is 0. The molecule has 0 heterocycles. The normalized spacial score (nSPS) is 11.1. The highest BCUT2D eigenvalue weighted by Crippen LogP contribution is 2.55. The molecule has 2 aromatic carbocycles. The molecule has 0 spiro atoms. The second-order valence-corrected chi connectivity index (χ2v) is 6.87. The SMILES string of the molecule is CCOP(=O)(OCC)Oc1c(-c2ccc(OC)cc2)ccc(OC)c1OC. The summed E-state index contributed by atoms with van der Waals surface area (Å²) < 4.78 is 45.3. The van der Waals surface area contributed by atoms with Crippen LogP contribution < -0.4 is 18.7 Å². The highest BCUT2D eigenvalue weighted by molar-refractivity contribution is 7.48. The number of hydrogen-bond acceptors (Lipinski definition) is 7. The molecular weight excluding hydrogens is 371 g/mol. The minimum absolute atomic E-state index is 0.168. The van der Waals surface area contributed by atoms with E-state index in [1.807, 2.05) is 24.3 Å². The molecule has 0 atom stereocenters. The van der Waals surface area contributed by atoms with Crippen LogP contribution in [0.1, 0.15) is 13.8 Å². The Hall–Kier alpha value is -2.21. The largest absolute Gasteiger partial charge is 0.530 e. The van der Waals surface area contributed by atoms with Crippen LogP contribution in [0.3, 0.4) is 0 Å². The maximum atomic E-state index is 13.0. The first-order chi connectivity index (χ1) is 13.0. The van der Waals surface area contributed by atoms with E-state index in [-0.39, 0.29) is 19.0 Å². The van der Waals surface area contributed by atoms with Crippen LogP contribution in [0.2, 0.25) is 0 Å². The van der Waals surface area contributed by atoms with E-state index in [2.05, 4.69) is 0 Å². The van der Waals surface area contributed by atoms with Crippen molar-refractivity contribution in [2.24, 2.45) is 0 Å². The molecule has 0 amide bonds. The van der Waals surface area contributed by atoms with Crippen LogP contribution in [0.25, 0.3) is 11.1 Å². The molecule has 0 radical (unpaired) electrons. The zero-order valence-electron chi connectivity index (χ0n) is 16.2. The third kappa shape index (κ3) is 4.95. The second-order valence-electron chi connectivity index (χ2n) is 5.28. The zero-order valence-corrected chi connectivity index (χ0v) is 17.1. The van der Waals surface area contributed by atoms with Gasteiger partial charge in [0, 0.05) is 5.56 Å². The Labute approximate surface area is 159 Å². The lowest BCUT2D eigenvalue weighted by Gasteiger charge is -2.22. The lowest BCUT2D eigenvalue weighted by Crippen LogP contribution is -2.05. The molecule has 0 unspecified atom stereocenters. The molecule has 27 heavy (non-hydrogen) atoms. The summed E-state index contributed by atoms with van der Waals surface area (Å²) in [5.41, 5.74) is 1.46. The second kappa shape index (κ2) is 9.65. The summed E-state index contributed by atoms with van der Waals surface area (Å²) in [7, 11) is 0.757. The van der Waals surface area contributed by atoms with Gasteiger partial charge in [0.25, 0.3) is 0 Å². The van der Waals surface area contributed by atoms with Crippen LogP contribution in [0.15, 0.2) is 36.4 Å². The molecule has 0 aromatic heterocycles. The van der Waals surface area contributed by atoms with Gasteiger partial charge in [0.15, 0.2) is 11.5 Å². The summed E-state index contributed by atoms with van der Waals surface area (Å²) in [5.74, 6) is 1.66. The van der Waals surface area contributed by atoms with E-state index in [1.54, 1.807) is 33.1 Å². The van der Waals surface area contributed by atoms with Gasteiger partial charge >= 0.3 is 7.82 Å². The Balaban J connectivity index is 2.61. The highest BCUT2D eigenvalue weighted by Gasteiger charge is 2.31. The van der Waals surface area contributed by atoms with Crippen LogP contribution >= 0.6 is 7.82 Å². The van der Waals surface area contributed by atoms with Gasteiger partial charge in [-0.25, -0.2) is 4.57 Å². The molecule has 0 aliphatic carbocycles. The molecule has 0 N–H and O–H groups in total. The molecule has 0 saturated heterocycles. The predicted octanol–water partition coefficient (Wildman–Crippen LogP) is 4.94. The summed E-state index contributed by atoms with van der Waals surface area (Å²) in [4.78, 5) is 0. The molecule has 0 aliphatic heterocycles. The van der Waals surface area contributed by atoms with Crippen molar-refractivity contribution in [2.75, 3.05) is 34.5 Å². The van der Waals surface area contributed by atoms with E-state index in [9.17, 15) is 4.57 Å². The van der Waals surface area contributed by atoms with Crippen molar-refractivity contribution < 1.29 is 32.3 Å².